The van der Waals surface area contributed by atoms with Gasteiger partial charge in [-0.1, -0.05) is 36.4 Å². The standard InChI is InChI=1S/C24H29NO4.C16H13N3O3.ClH/c1-5-26-21-10-9-17(14-22(21)27-6-2)13-20-19-16-24(29-8-4)23(28-7-3)15-18(19)11-12-25-20;1-22-16(21)19-15-17-12-8-7-11(9-13(12)18-15)14(20)10-5-3-2-4-6-10;/h9-12,14-16H,5-8,13H2,1-4H3;2-9H,1H3,(H2,17,18,19,21);1H. The number of hydrogen-bond acceptors (Lipinski definition) is 9. The van der Waals surface area contributed by atoms with E-state index < -0.39 is 6.09 Å². The first-order valence-corrected chi connectivity index (χ1v) is 16.9. The maximum Gasteiger partial charge on any atom is 0.413 e. The number of pyridine rings is 1. The predicted molar refractivity (Wildman–Crippen MR) is 205 cm³/mol. The van der Waals surface area contributed by atoms with Crippen molar-refractivity contribution in [3.8, 4) is 23.0 Å². The SMILES string of the molecule is CCOc1ccc(Cc2nccc3cc(OCC)c(OCC)cc23)cc1OCC.COC(=O)Nc1nc2ccc(C(=O)c3ccccc3)cc2[nH]1.Cl. The molecule has 52 heavy (non-hydrogen) atoms. The van der Waals surface area contributed by atoms with Crippen molar-refractivity contribution in [3.05, 3.63) is 114 Å². The van der Waals surface area contributed by atoms with Crippen molar-refractivity contribution in [2.45, 2.75) is 34.1 Å². The third kappa shape index (κ3) is 9.70. The maximum atomic E-state index is 12.4. The number of halogens is 1. The van der Waals surface area contributed by atoms with Crippen molar-refractivity contribution in [2.24, 2.45) is 0 Å². The average molecular weight is 727 g/mol. The van der Waals surface area contributed by atoms with Crippen LogP contribution in [-0.2, 0) is 11.2 Å². The number of methoxy groups -OCH3 is 1. The molecule has 2 N–H and O–H groups in total. The van der Waals surface area contributed by atoms with Crippen LogP contribution in [0.2, 0.25) is 0 Å². The van der Waals surface area contributed by atoms with Crippen LogP contribution >= 0.6 is 12.4 Å². The first-order chi connectivity index (χ1) is 24.9. The molecule has 12 heteroatoms. The molecule has 0 unspecified atom stereocenters. The van der Waals surface area contributed by atoms with Crippen LogP contribution in [0.1, 0.15) is 54.9 Å². The van der Waals surface area contributed by atoms with Gasteiger partial charge in [-0.25, -0.2) is 9.78 Å². The van der Waals surface area contributed by atoms with Gasteiger partial charge in [-0.2, -0.15) is 0 Å². The number of benzene rings is 4. The van der Waals surface area contributed by atoms with E-state index in [-0.39, 0.29) is 24.1 Å². The minimum absolute atomic E-state index is 0. The van der Waals surface area contributed by atoms with Crippen LogP contribution < -0.4 is 24.3 Å². The number of rotatable bonds is 13. The summed E-state index contributed by atoms with van der Waals surface area (Å²) < 4.78 is 27.5. The molecule has 0 spiro atoms. The smallest absolute Gasteiger partial charge is 0.413 e. The molecule has 0 aliphatic heterocycles. The topological polar surface area (TPSA) is 134 Å². The first kappa shape index (κ1) is 39.0. The second-order valence-corrected chi connectivity index (χ2v) is 11.1. The number of H-pyrrole nitrogens is 1. The van der Waals surface area contributed by atoms with Gasteiger partial charge >= 0.3 is 6.09 Å². The number of ether oxygens (including phenoxy) is 5. The zero-order chi connectivity index (χ0) is 36.2. The summed E-state index contributed by atoms with van der Waals surface area (Å²) in [5.41, 5.74) is 4.58. The monoisotopic (exact) mass is 726 g/mol. The Morgan fingerprint density at radius 1 is 0.712 bits per heavy atom. The van der Waals surface area contributed by atoms with E-state index in [1.807, 2.05) is 82.4 Å². The Kier molecular flexibility index (Phi) is 14.2. The maximum absolute atomic E-state index is 12.4. The van der Waals surface area contributed by atoms with Crippen LogP contribution in [0.5, 0.6) is 23.0 Å². The highest BCUT2D eigenvalue weighted by molar-refractivity contribution is 6.10. The van der Waals surface area contributed by atoms with E-state index in [0.29, 0.717) is 55.0 Å². The van der Waals surface area contributed by atoms with Gasteiger partial charge in [0.05, 0.1) is 50.3 Å². The Balaban J connectivity index is 0.000000236. The summed E-state index contributed by atoms with van der Waals surface area (Å²) in [7, 11) is 1.27. The molecule has 0 aliphatic carbocycles. The van der Waals surface area contributed by atoms with Crippen molar-refractivity contribution < 1.29 is 33.3 Å². The molecule has 0 saturated carbocycles. The average Bonchev–Trinajstić information content (AvgIpc) is 3.55. The Hall–Kier alpha value is -5.81. The molecule has 0 aliphatic rings. The lowest BCUT2D eigenvalue weighted by Gasteiger charge is -2.15. The van der Waals surface area contributed by atoms with E-state index in [2.05, 4.69) is 31.1 Å². The molecule has 0 bridgehead atoms. The molecule has 0 atom stereocenters. The fraction of sp³-hybridized carbons (Fsp3) is 0.250. The van der Waals surface area contributed by atoms with Gasteiger partial charge < -0.3 is 28.7 Å². The van der Waals surface area contributed by atoms with Gasteiger partial charge in [0.15, 0.2) is 28.8 Å². The number of carbonyl (C=O) groups excluding carboxylic acids is 2. The van der Waals surface area contributed by atoms with Gasteiger partial charge in [0.1, 0.15) is 0 Å². The number of nitrogens with zero attached hydrogens (tertiary/aromatic N) is 2. The Labute approximate surface area is 309 Å². The lowest BCUT2D eigenvalue weighted by molar-refractivity contribution is 0.103. The molecule has 272 valence electrons. The number of aromatic nitrogens is 3. The van der Waals surface area contributed by atoms with Gasteiger partial charge in [-0.3, -0.25) is 15.1 Å². The van der Waals surface area contributed by atoms with Crippen molar-refractivity contribution >= 4 is 52.0 Å². The van der Waals surface area contributed by atoms with Crippen LogP contribution in [0.25, 0.3) is 21.8 Å². The number of hydrogen-bond donors (Lipinski definition) is 2. The lowest BCUT2D eigenvalue weighted by atomic mass is 10.0. The third-order valence-electron chi connectivity index (χ3n) is 7.68. The van der Waals surface area contributed by atoms with Crippen LogP contribution in [0.4, 0.5) is 10.7 Å². The summed E-state index contributed by atoms with van der Waals surface area (Å²) in [4.78, 5) is 35.3. The molecule has 2 heterocycles. The normalized spacial score (nSPS) is 10.4. The number of aromatic amines is 1. The summed E-state index contributed by atoms with van der Waals surface area (Å²) >= 11 is 0. The number of ketones is 1. The number of carbonyl (C=O) groups is 2. The van der Waals surface area contributed by atoms with Gasteiger partial charge in [0.25, 0.3) is 0 Å². The molecule has 0 fully saturated rings. The quantitative estimate of drug-likeness (QED) is 0.112. The molecule has 6 aromatic rings. The van der Waals surface area contributed by atoms with E-state index in [1.54, 1.807) is 30.3 Å². The van der Waals surface area contributed by atoms with E-state index in [9.17, 15) is 9.59 Å². The Morgan fingerprint density at radius 3 is 2.04 bits per heavy atom. The van der Waals surface area contributed by atoms with Gasteiger partial charge in [0, 0.05) is 29.1 Å². The third-order valence-corrected chi connectivity index (χ3v) is 7.68. The minimum Gasteiger partial charge on any atom is -0.490 e. The van der Waals surface area contributed by atoms with Crippen molar-refractivity contribution in [3.63, 3.8) is 0 Å². The zero-order valence-electron chi connectivity index (χ0n) is 29.9. The van der Waals surface area contributed by atoms with Crippen LogP contribution in [0.15, 0.2) is 91.1 Å². The highest BCUT2D eigenvalue weighted by Gasteiger charge is 2.14. The van der Waals surface area contributed by atoms with Crippen molar-refractivity contribution in [1.82, 2.24) is 15.0 Å². The molecule has 4 aromatic carbocycles. The molecule has 0 radical (unpaired) electrons. The highest BCUT2D eigenvalue weighted by Crippen LogP contribution is 2.35. The minimum atomic E-state index is -0.611. The Bertz CT molecular complexity index is 2100. The summed E-state index contributed by atoms with van der Waals surface area (Å²) in [6.45, 7) is 10.3. The molecular weight excluding hydrogens is 684 g/mol. The van der Waals surface area contributed by atoms with E-state index in [1.165, 1.54) is 7.11 Å². The van der Waals surface area contributed by atoms with Crippen LogP contribution in [0.3, 0.4) is 0 Å². The number of nitrogens with one attached hydrogen (secondary N) is 2. The van der Waals surface area contributed by atoms with Gasteiger partial charge in [0.2, 0.25) is 5.95 Å². The second kappa shape index (κ2) is 19.0. The lowest BCUT2D eigenvalue weighted by Crippen LogP contribution is -2.11. The van der Waals surface area contributed by atoms with E-state index in [4.69, 9.17) is 18.9 Å². The molecule has 2 aromatic heterocycles. The van der Waals surface area contributed by atoms with E-state index >= 15 is 0 Å². The molecular formula is C40H43ClN4O7. The van der Waals surface area contributed by atoms with Gasteiger partial charge in [-0.05, 0) is 87.2 Å². The zero-order valence-corrected chi connectivity index (χ0v) is 30.7. The fourth-order valence-electron chi connectivity index (χ4n) is 5.43. The molecule has 6 rings (SSSR count). The van der Waals surface area contributed by atoms with E-state index in [0.717, 1.165) is 45.0 Å². The summed E-state index contributed by atoms with van der Waals surface area (Å²) in [6.07, 6.45) is 1.91. The first-order valence-electron chi connectivity index (χ1n) is 16.9. The molecule has 11 nitrogen and oxygen atoms in total. The van der Waals surface area contributed by atoms with Crippen molar-refractivity contribution in [1.29, 1.82) is 0 Å². The summed E-state index contributed by atoms with van der Waals surface area (Å²) in [5, 5.41) is 4.59. The second-order valence-electron chi connectivity index (χ2n) is 11.1. The van der Waals surface area contributed by atoms with Gasteiger partial charge in [-0.15, -0.1) is 12.4 Å². The van der Waals surface area contributed by atoms with Crippen LogP contribution in [0, 0.1) is 0 Å². The van der Waals surface area contributed by atoms with Crippen LogP contribution in [-0.4, -0.2) is 60.4 Å². The number of fused-ring (bicyclic) bond motifs is 2. The van der Waals surface area contributed by atoms with Crippen molar-refractivity contribution in [2.75, 3.05) is 38.9 Å². The fourth-order valence-corrected chi connectivity index (χ4v) is 5.43. The highest BCUT2D eigenvalue weighted by atomic mass is 35.5. The number of imidazole rings is 1. The number of amides is 1. The predicted octanol–water partition coefficient (Wildman–Crippen LogP) is 8.81. The molecule has 0 saturated heterocycles. The molecule has 1 amide bonds. The Morgan fingerprint density at radius 2 is 1.37 bits per heavy atom. The summed E-state index contributed by atoms with van der Waals surface area (Å²) in [6, 6.07) is 26.3. The summed E-state index contributed by atoms with van der Waals surface area (Å²) in [5.74, 6) is 3.24. The number of anilines is 1. The largest absolute Gasteiger partial charge is 0.490 e.